The average Bonchev–Trinajstić information content (AvgIpc) is 3.13. The molecule has 1 aromatic heterocycles. The number of aryl methyl sites for hydroxylation is 1. The summed E-state index contributed by atoms with van der Waals surface area (Å²) in [6.45, 7) is 6.47. The first-order valence-electron chi connectivity index (χ1n) is 10.2. The van der Waals surface area contributed by atoms with Gasteiger partial charge in [-0.25, -0.2) is 0 Å². The number of ether oxygens (including phenoxy) is 2. The Morgan fingerprint density at radius 3 is 2.64 bits per heavy atom. The number of benzene rings is 1. The van der Waals surface area contributed by atoms with Gasteiger partial charge in [0.25, 0.3) is 0 Å². The normalized spacial score (nSPS) is 20.5. The molecule has 0 N–H and O–H groups in total. The van der Waals surface area contributed by atoms with Gasteiger partial charge in [-0.2, -0.15) is 5.10 Å². The van der Waals surface area contributed by atoms with E-state index in [0.29, 0.717) is 12.0 Å². The summed E-state index contributed by atoms with van der Waals surface area (Å²) in [5, 5.41) is 4.43. The molecule has 0 aliphatic carbocycles. The summed E-state index contributed by atoms with van der Waals surface area (Å²) in [5.41, 5.74) is 2.58. The fraction of sp³-hybridized carbons (Fsp3) is 0.591. The van der Waals surface area contributed by atoms with Crippen molar-refractivity contribution in [1.29, 1.82) is 0 Å². The first-order chi connectivity index (χ1) is 13.5. The van der Waals surface area contributed by atoms with Crippen molar-refractivity contribution in [2.24, 2.45) is 13.0 Å². The summed E-state index contributed by atoms with van der Waals surface area (Å²) in [6, 6.07) is 6.63. The molecule has 1 saturated heterocycles. The molecule has 0 bridgehead atoms. The van der Waals surface area contributed by atoms with Crippen molar-refractivity contribution >= 4 is 0 Å². The van der Waals surface area contributed by atoms with Crippen molar-refractivity contribution in [3.05, 3.63) is 41.7 Å². The molecular weight excluding hydrogens is 352 g/mol. The van der Waals surface area contributed by atoms with Gasteiger partial charge >= 0.3 is 0 Å². The lowest BCUT2D eigenvalue weighted by Crippen LogP contribution is -2.42. The van der Waals surface area contributed by atoms with E-state index in [2.05, 4.69) is 47.2 Å². The highest BCUT2D eigenvalue weighted by molar-refractivity contribution is 5.42. The van der Waals surface area contributed by atoms with E-state index >= 15 is 0 Å². The molecule has 1 aliphatic rings. The van der Waals surface area contributed by atoms with Crippen LogP contribution in [0.15, 0.2) is 30.6 Å². The third-order valence-corrected chi connectivity index (χ3v) is 5.78. The van der Waals surface area contributed by atoms with Gasteiger partial charge in [-0.3, -0.25) is 9.58 Å². The Labute approximate surface area is 169 Å². The monoisotopic (exact) mass is 386 g/mol. The highest BCUT2D eigenvalue weighted by Gasteiger charge is 2.33. The van der Waals surface area contributed by atoms with E-state index in [9.17, 15) is 0 Å². The topological polar surface area (TPSA) is 42.8 Å². The molecule has 2 heterocycles. The summed E-state index contributed by atoms with van der Waals surface area (Å²) < 4.78 is 12.7. The molecule has 1 fully saturated rings. The average molecular weight is 387 g/mol. The van der Waals surface area contributed by atoms with Crippen molar-refractivity contribution in [1.82, 2.24) is 19.6 Å². The summed E-state index contributed by atoms with van der Waals surface area (Å²) in [6.07, 6.45) is 6.74. The third kappa shape index (κ3) is 4.67. The molecular formula is C22H34N4O2. The molecule has 0 saturated carbocycles. The summed E-state index contributed by atoms with van der Waals surface area (Å²) in [5.74, 6) is 2.16. The maximum absolute atomic E-state index is 5.45. The second-order valence-corrected chi connectivity index (χ2v) is 7.81. The number of hydrogen-bond donors (Lipinski definition) is 0. The van der Waals surface area contributed by atoms with Crippen LogP contribution < -0.4 is 9.47 Å². The fourth-order valence-electron chi connectivity index (χ4n) is 4.53. The van der Waals surface area contributed by atoms with E-state index in [4.69, 9.17) is 9.47 Å². The van der Waals surface area contributed by atoms with Crippen LogP contribution in [0, 0.1) is 5.92 Å². The Bertz CT molecular complexity index is 761. The first kappa shape index (κ1) is 20.7. The number of aromatic nitrogens is 2. The molecule has 0 radical (unpaired) electrons. The van der Waals surface area contributed by atoms with E-state index in [1.54, 1.807) is 14.2 Å². The first-order valence-corrected chi connectivity index (χ1v) is 10.2. The third-order valence-electron chi connectivity index (χ3n) is 5.78. The minimum absolute atomic E-state index is 0.445. The van der Waals surface area contributed by atoms with Gasteiger partial charge in [0.2, 0.25) is 0 Å². The maximum Gasteiger partial charge on any atom is 0.161 e. The highest BCUT2D eigenvalue weighted by atomic mass is 16.5. The Hall–Kier alpha value is -2.05. The Morgan fingerprint density at radius 1 is 1.21 bits per heavy atom. The minimum Gasteiger partial charge on any atom is -0.493 e. The molecule has 0 spiro atoms. The highest BCUT2D eigenvalue weighted by Crippen LogP contribution is 2.36. The number of rotatable bonds is 8. The molecule has 0 unspecified atom stereocenters. The summed E-state index contributed by atoms with van der Waals surface area (Å²) in [4.78, 5) is 5.03. The minimum atomic E-state index is 0.445. The molecule has 0 amide bonds. The number of likely N-dealkylation sites (tertiary alicyclic amines) is 1. The largest absolute Gasteiger partial charge is 0.493 e. The van der Waals surface area contributed by atoms with Crippen molar-refractivity contribution in [2.75, 3.05) is 40.9 Å². The van der Waals surface area contributed by atoms with Crippen LogP contribution >= 0.6 is 0 Å². The smallest absolute Gasteiger partial charge is 0.161 e. The van der Waals surface area contributed by atoms with Crippen molar-refractivity contribution in [3.8, 4) is 11.5 Å². The molecule has 28 heavy (non-hydrogen) atoms. The molecule has 6 nitrogen and oxygen atoms in total. The fourth-order valence-corrected chi connectivity index (χ4v) is 4.53. The quantitative estimate of drug-likeness (QED) is 0.696. The molecule has 2 atom stereocenters. The second-order valence-electron chi connectivity index (χ2n) is 7.81. The number of nitrogens with zero attached hydrogens (tertiary/aromatic N) is 4. The molecule has 154 valence electrons. The zero-order valence-electron chi connectivity index (χ0n) is 17.9. The zero-order valence-corrected chi connectivity index (χ0v) is 17.9. The van der Waals surface area contributed by atoms with E-state index < -0.39 is 0 Å². The number of hydrogen-bond acceptors (Lipinski definition) is 5. The van der Waals surface area contributed by atoms with E-state index in [0.717, 1.165) is 31.1 Å². The van der Waals surface area contributed by atoms with Crippen LogP contribution in [-0.2, 0) is 13.6 Å². The van der Waals surface area contributed by atoms with Gasteiger partial charge in [-0.05, 0) is 56.6 Å². The van der Waals surface area contributed by atoms with Gasteiger partial charge in [0.05, 0.1) is 20.4 Å². The second kappa shape index (κ2) is 9.43. The van der Waals surface area contributed by atoms with Crippen LogP contribution in [0.3, 0.4) is 0 Å². The Balaban J connectivity index is 1.71. The summed E-state index contributed by atoms with van der Waals surface area (Å²) >= 11 is 0. The molecule has 3 rings (SSSR count). The SMILES string of the molecule is CCN1CCC[C@@H](CN(C)Cc2ccc(OC)c(OC)c2)[C@@H]1c1cnn(C)c1. The van der Waals surface area contributed by atoms with Gasteiger partial charge in [0, 0.05) is 37.9 Å². The van der Waals surface area contributed by atoms with Crippen LogP contribution in [0.4, 0.5) is 0 Å². The zero-order chi connectivity index (χ0) is 20.1. The van der Waals surface area contributed by atoms with Crippen molar-refractivity contribution in [2.45, 2.75) is 32.4 Å². The van der Waals surface area contributed by atoms with Crippen molar-refractivity contribution < 1.29 is 9.47 Å². The molecule has 2 aromatic rings. The summed E-state index contributed by atoms with van der Waals surface area (Å²) in [7, 11) is 7.57. The van der Waals surface area contributed by atoms with E-state index in [1.807, 2.05) is 24.0 Å². The lowest BCUT2D eigenvalue weighted by Gasteiger charge is -2.42. The van der Waals surface area contributed by atoms with E-state index in [1.165, 1.54) is 30.5 Å². The van der Waals surface area contributed by atoms with Crippen LogP contribution in [-0.4, -0.2) is 60.5 Å². The number of piperidine rings is 1. The molecule has 6 heteroatoms. The maximum atomic E-state index is 5.45. The predicted molar refractivity (Wildman–Crippen MR) is 112 cm³/mol. The van der Waals surface area contributed by atoms with Crippen LogP contribution in [0.1, 0.15) is 36.9 Å². The van der Waals surface area contributed by atoms with Crippen LogP contribution in [0.25, 0.3) is 0 Å². The molecule has 1 aliphatic heterocycles. The Morgan fingerprint density at radius 2 is 2.00 bits per heavy atom. The van der Waals surface area contributed by atoms with Gasteiger partial charge in [0.1, 0.15) is 0 Å². The Kier molecular flexibility index (Phi) is 6.97. The van der Waals surface area contributed by atoms with Crippen LogP contribution in [0.2, 0.25) is 0 Å². The van der Waals surface area contributed by atoms with Gasteiger partial charge < -0.3 is 14.4 Å². The van der Waals surface area contributed by atoms with Gasteiger partial charge in [-0.15, -0.1) is 0 Å². The van der Waals surface area contributed by atoms with Crippen molar-refractivity contribution in [3.63, 3.8) is 0 Å². The van der Waals surface area contributed by atoms with Gasteiger partial charge in [0.15, 0.2) is 11.5 Å². The number of methoxy groups -OCH3 is 2. The standard InChI is InChI=1S/C22H34N4O2/c1-6-26-11-7-8-18(22(26)19-13-23-25(3)16-19)15-24(2)14-17-9-10-20(27-4)21(12-17)28-5/h9-10,12-13,16,18,22H,6-8,11,14-15H2,1-5H3/t18-,22+/m0/s1. The van der Waals surface area contributed by atoms with Crippen LogP contribution in [0.5, 0.6) is 11.5 Å². The lowest BCUT2D eigenvalue weighted by atomic mass is 9.85. The lowest BCUT2D eigenvalue weighted by molar-refractivity contribution is 0.0749. The van der Waals surface area contributed by atoms with E-state index in [-0.39, 0.29) is 0 Å². The molecule has 1 aromatic carbocycles. The predicted octanol–water partition coefficient (Wildman–Crippen LogP) is 3.34. The van der Waals surface area contributed by atoms with Gasteiger partial charge in [-0.1, -0.05) is 13.0 Å².